The lowest BCUT2D eigenvalue weighted by atomic mass is 10.0. The number of rotatable bonds is 4. The molecule has 1 heterocycles. The Hall–Kier alpha value is -1.30. The van der Waals surface area contributed by atoms with Gasteiger partial charge in [-0.3, -0.25) is 4.79 Å². The van der Waals surface area contributed by atoms with Crippen molar-refractivity contribution < 1.29 is 9.53 Å². The third-order valence-corrected chi connectivity index (χ3v) is 4.75. The van der Waals surface area contributed by atoms with Gasteiger partial charge in [-0.05, 0) is 19.1 Å². The first kappa shape index (κ1) is 18.0. The molecular formula is C16H14BrCl2NO3. The second kappa shape index (κ2) is 7.51. The first-order valence-corrected chi connectivity index (χ1v) is 8.68. The molecule has 0 radical (unpaired) electrons. The summed E-state index contributed by atoms with van der Waals surface area (Å²) in [4.78, 5) is 24.6. The summed E-state index contributed by atoms with van der Waals surface area (Å²) >= 11 is 15.4. The number of methoxy groups -OCH3 is 1. The Morgan fingerprint density at radius 2 is 1.96 bits per heavy atom. The molecule has 2 aromatic rings. The smallest absolute Gasteiger partial charge is 0.344 e. The fourth-order valence-corrected chi connectivity index (χ4v) is 3.17. The molecule has 0 saturated heterocycles. The summed E-state index contributed by atoms with van der Waals surface area (Å²) in [6.45, 7) is 2.50. The highest BCUT2D eigenvalue weighted by atomic mass is 79.9. The molecule has 0 bridgehead atoms. The largest absolute Gasteiger partial charge is 0.465 e. The topological polar surface area (TPSA) is 48.3 Å². The molecule has 0 amide bonds. The molecule has 7 heteroatoms. The number of alkyl halides is 1. The zero-order valence-electron chi connectivity index (χ0n) is 12.5. The van der Waals surface area contributed by atoms with E-state index in [1.807, 2.05) is 11.5 Å². The van der Waals surface area contributed by atoms with Gasteiger partial charge in [-0.25, -0.2) is 4.79 Å². The van der Waals surface area contributed by atoms with Gasteiger partial charge in [0.15, 0.2) is 5.43 Å². The number of hydrogen-bond donors (Lipinski definition) is 0. The molecule has 0 aliphatic heterocycles. The Bertz CT molecular complexity index is 818. The predicted octanol–water partition coefficient (Wildman–Crippen LogP) is 4.52. The predicted molar refractivity (Wildman–Crippen MR) is 95.8 cm³/mol. The second-order valence-corrected chi connectivity index (χ2v) is 6.10. The number of carbonyl (C=O) groups is 1. The summed E-state index contributed by atoms with van der Waals surface area (Å²) < 4.78 is 6.66. The number of halogens is 3. The van der Waals surface area contributed by atoms with Gasteiger partial charge in [-0.1, -0.05) is 45.2 Å². The van der Waals surface area contributed by atoms with Crippen molar-refractivity contribution in [2.45, 2.75) is 18.8 Å². The molecule has 0 N–H and O–H groups in total. The van der Waals surface area contributed by atoms with Crippen LogP contribution in [-0.2, 0) is 16.6 Å². The Morgan fingerprint density at radius 1 is 1.26 bits per heavy atom. The van der Waals surface area contributed by atoms with Gasteiger partial charge in [0.25, 0.3) is 0 Å². The van der Waals surface area contributed by atoms with E-state index in [4.69, 9.17) is 27.9 Å². The van der Waals surface area contributed by atoms with Crippen molar-refractivity contribution in [2.24, 2.45) is 0 Å². The van der Waals surface area contributed by atoms with Crippen LogP contribution in [0.4, 0.5) is 0 Å². The van der Waals surface area contributed by atoms with Crippen molar-refractivity contribution in [3.05, 3.63) is 55.8 Å². The fraction of sp³-hybridized carbons (Fsp3) is 0.250. The molecule has 4 nitrogen and oxygen atoms in total. The lowest BCUT2D eigenvalue weighted by Crippen LogP contribution is -2.24. The SMILES string of the molecule is CCn1c(CBr)cc(=O)c(C(=O)OC)c1-c1ccc(Cl)c(Cl)c1. The molecular weight excluding hydrogens is 405 g/mol. The van der Waals surface area contributed by atoms with Gasteiger partial charge in [0.2, 0.25) is 0 Å². The molecule has 0 aliphatic rings. The maximum absolute atomic E-state index is 12.4. The van der Waals surface area contributed by atoms with E-state index in [2.05, 4.69) is 15.9 Å². The quantitative estimate of drug-likeness (QED) is 0.541. The number of hydrogen-bond acceptors (Lipinski definition) is 3. The summed E-state index contributed by atoms with van der Waals surface area (Å²) in [5, 5.41) is 1.22. The maximum atomic E-state index is 12.4. The number of pyridine rings is 1. The molecule has 0 saturated carbocycles. The van der Waals surface area contributed by atoms with Crippen LogP contribution in [0.25, 0.3) is 11.3 Å². The molecule has 23 heavy (non-hydrogen) atoms. The first-order chi connectivity index (χ1) is 10.9. The monoisotopic (exact) mass is 417 g/mol. The number of benzene rings is 1. The van der Waals surface area contributed by atoms with E-state index < -0.39 is 11.4 Å². The van der Waals surface area contributed by atoms with E-state index in [9.17, 15) is 9.59 Å². The van der Waals surface area contributed by atoms with Crippen molar-refractivity contribution in [3.63, 3.8) is 0 Å². The van der Waals surface area contributed by atoms with Crippen LogP contribution >= 0.6 is 39.1 Å². The molecule has 2 rings (SSSR count). The average molecular weight is 419 g/mol. The van der Waals surface area contributed by atoms with Gasteiger partial charge in [0.1, 0.15) is 5.56 Å². The number of esters is 1. The lowest BCUT2D eigenvalue weighted by molar-refractivity contribution is 0.0599. The molecule has 0 atom stereocenters. The van der Waals surface area contributed by atoms with Crippen LogP contribution in [0.5, 0.6) is 0 Å². The van der Waals surface area contributed by atoms with E-state index in [1.165, 1.54) is 13.2 Å². The highest BCUT2D eigenvalue weighted by molar-refractivity contribution is 9.08. The van der Waals surface area contributed by atoms with Crippen LogP contribution in [0.1, 0.15) is 23.0 Å². The minimum atomic E-state index is -0.681. The summed E-state index contributed by atoms with van der Waals surface area (Å²) in [5.41, 5.74) is 1.45. The minimum Gasteiger partial charge on any atom is -0.465 e. The number of aromatic nitrogens is 1. The number of ether oxygens (including phenoxy) is 1. The van der Waals surface area contributed by atoms with Crippen LogP contribution in [-0.4, -0.2) is 17.6 Å². The molecule has 0 aliphatic carbocycles. The summed E-state index contributed by atoms with van der Waals surface area (Å²) in [5.74, 6) is -0.681. The van der Waals surface area contributed by atoms with Crippen molar-refractivity contribution in [2.75, 3.05) is 7.11 Å². The number of carbonyl (C=O) groups excluding carboxylic acids is 1. The first-order valence-electron chi connectivity index (χ1n) is 6.81. The van der Waals surface area contributed by atoms with Gasteiger partial charge in [-0.15, -0.1) is 0 Å². The van der Waals surface area contributed by atoms with Crippen LogP contribution in [0.3, 0.4) is 0 Å². The van der Waals surface area contributed by atoms with Crippen LogP contribution < -0.4 is 5.43 Å². The lowest BCUT2D eigenvalue weighted by Gasteiger charge is -2.19. The average Bonchev–Trinajstić information content (AvgIpc) is 2.55. The van der Waals surface area contributed by atoms with Crippen molar-refractivity contribution in [1.82, 2.24) is 4.57 Å². The van der Waals surface area contributed by atoms with Gasteiger partial charge in [-0.2, -0.15) is 0 Å². The van der Waals surface area contributed by atoms with E-state index in [1.54, 1.807) is 18.2 Å². The van der Waals surface area contributed by atoms with Gasteiger partial charge in [0.05, 0.1) is 22.8 Å². The third kappa shape index (κ3) is 3.47. The highest BCUT2D eigenvalue weighted by Gasteiger charge is 2.22. The second-order valence-electron chi connectivity index (χ2n) is 4.72. The molecule has 1 aromatic carbocycles. The van der Waals surface area contributed by atoms with Crippen molar-refractivity contribution >= 4 is 45.1 Å². The molecule has 0 spiro atoms. The molecule has 0 fully saturated rings. The van der Waals surface area contributed by atoms with Gasteiger partial charge < -0.3 is 9.30 Å². The summed E-state index contributed by atoms with van der Waals surface area (Å²) in [6.07, 6.45) is 0. The summed E-state index contributed by atoms with van der Waals surface area (Å²) in [6, 6.07) is 6.42. The Kier molecular flexibility index (Phi) is 5.89. The van der Waals surface area contributed by atoms with E-state index in [0.29, 0.717) is 33.2 Å². The zero-order chi connectivity index (χ0) is 17.1. The van der Waals surface area contributed by atoms with Crippen LogP contribution in [0, 0.1) is 0 Å². The van der Waals surface area contributed by atoms with Crippen molar-refractivity contribution in [3.8, 4) is 11.3 Å². The van der Waals surface area contributed by atoms with E-state index in [-0.39, 0.29) is 5.56 Å². The minimum absolute atomic E-state index is 0.0163. The summed E-state index contributed by atoms with van der Waals surface area (Å²) in [7, 11) is 1.25. The molecule has 0 unspecified atom stereocenters. The maximum Gasteiger partial charge on any atom is 0.344 e. The Labute approximate surface area is 152 Å². The Balaban J connectivity index is 2.91. The van der Waals surface area contributed by atoms with Crippen LogP contribution in [0.2, 0.25) is 10.0 Å². The van der Waals surface area contributed by atoms with Crippen LogP contribution in [0.15, 0.2) is 29.1 Å². The normalized spacial score (nSPS) is 10.7. The standard InChI is InChI=1S/C16H14BrCl2NO3/c1-3-20-10(8-17)7-13(21)14(16(22)23-2)15(20)9-4-5-11(18)12(19)6-9/h4-7H,3,8H2,1-2H3. The highest BCUT2D eigenvalue weighted by Crippen LogP contribution is 2.31. The third-order valence-electron chi connectivity index (χ3n) is 3.43. The van der Waals surface area contributed by atoms with E-state index in [0.717, 1.165) is 5.69 Å². The Morgan fingerprint density at radius 3 is 2.48 bits per heavy atom. The molecule has 1 aromatic heterocycles. The zero-order valence-corrected chi connectivity index (χ0v) is 15.6. The van der Waals surface area contributed by atoms with E-state index >= 15 is 0 Å². The molecule has 122 valence electrons. The van der Waals surface area contributed by atoms with Gasteiger partial charge in [0, 0.05) is 29.2 Å². The number of nitrogens with zero attached hydrogens (tertiary/aromatic N) is 1. The van der Waals surface area contributed by atoms with Gasteiger partial charge >= 0.3 is 5.97 Å². The van der Waals surface area contributed by atoms with Crippen molar-refractivity contribution in [1.29, 1.82) is 0 Å². The fourth-order valence-electron chi connectivity index (χ4n) is 2.41.